The van der Waals surface area contributed by atoms with E-state index in [2.05, 4.69) is 27.4 Å². The Kier molecular flexibility index (Phi) is 20.4. The van der Waals surface area contributed by atoms with E-state index in [4.69, 9.17) is 13.3 Å². The Balaban J connectivity index is 4.25. The van der Waals surface area contributed by atoms with Gasteiger partial charge in [-0.2, -0.15) is 0 Å². The summed E-state index contributed by atoms with van der Waals surface area (Å²) in [6.45, 7) is 12.9. The quantitative estimate of drug-likeness (QED) is 0.138. The van der Waals surface area contributed by atoms with Gasteiger partial charge in [-0.3, -0.25) is 0 Å². The van der Waals surface area contributed by atoms with Gasteiger partial charge in [-0.25, -0.2) is 0 Å². The van der Waals surface area contributed by atoms with Gasteiger partial charge in [-0.05, 0) is 25.0 Å². The Hall–Kier alpha value is -0.163. The van der Waals surface area contributed by atoms with Gasteiger partial charge < -0.3 is 13.3 Å². The van der Waals surface area contributed by atoms with Crippen molar-refractivity contribution in [2.45, 2.75) is 117 Å². The molecule has 27 heavy (non-hydrogen) atoms. The van der Waals surface area contributed by atoms with E-state index in [1.807, 2.05) is 5.70 Å². The second-order valence-electron chi connectivity index (χ2n) is 7.60. The summed E-state index contributed by atoms with van der Waals surface area (Å²) >= 11 is 0. The van der Waals surface area contributed by atoms with Crippen LogP contribution in [-0.2, 0) is 13.3 Å². The Labute approximate surface area is 171 Å². The fraction of sp³-hybridized carbons (Fsp3) is 0.913. The summed E-state index contributed by atoms with van der Waals surface area (Å²) in [6, 6.07) is 0. The molecule has 0 aromatic carbocycles. The van der Waals surface area contributed by atoms with Crippen LogP contribution in [0.25, 0.3) is 0 Å². The van der Waals surface area contributed by atoms with Gasteiger partial charge in [0.1, 0.15) is 0 Å². The van der Waals surface area contributed by atoms with Crippen molar-refractivity contribution >= 4 is 8.80 Å². The Morgan fingerprint density at radius 2 is 0.815 bits per heavy atom. The summed E-state index contributed by atoms with van der Waals surface area (Å²) in [6.07, 6.45) is 18.6. The van der Waals surface area contributed by atoms with Crippen molar-refractivity contribution in [3.8, 4) is 0 Å². The van der Waals surface area contributed by atoms with E-state index in [1.165, 1.54) is 77.0 Å². The Bertz CT molecular complexity index is 269. The van der Waals surface area contributed by atoms with Gasteiger partial charge >= 0.3 is 8.80 Å². The van der Waals surface area contributed by atoms with Crippen molar-refractivity contribution in [3.05, 3.63) is 12.3 Å². The van der Waals surface area contributed by atoms with Gasteiger partial charge in [-0.1, -0.05) is 104 Å². The summed E-state index contributed by atoms with van der Waals surface area (Å²) in [5.74, 6) is 0. The van der Waals surface area contributed by atoms with Crippen LogP contribution in [-0.4, -0.2) is 28.6 Å². The third-order valence-electron chi connectivity index (χ3n) is 4.90. The normalized spacial score (nSPS) is 11.8. The highest BCUT2D eigenvalue weighted by molar-refractivity contribution is 6.66. The second kappa shape index (κ2) is 20.6. The van der Waals surface area contributed by atoms with Crippen LogP contribution in [0.15, 0.2) is 12.3 Å². The first-order chi connectivity index (χ1) is 13.2. The topological polar surface area (TPSA) is 27.7 Å². The van der Waals surface area contributed by atoms with Gasteiger partial charge in [0.15, 0.2) is 0 Å². The molecule has 0 radical (unpaired) electrons. The Morgan fingerprint density at radius 1 is 0.519 bits per heavy atom. The smallest absolute Gasteiger partial charge is 0.370 e. The third kappa shape index (κ3) is 16.5. The van der Waals surface area contributed by atoms with Crippen LogP contribution in [0.1, 0.15) is 117 Å². The van der Waals surface area contributed by atoms with Crippen LogP contribution in [0.3, 0.4) is 0 Å². The summed E-state index contributed by atoms with van der Waals surface area (Å²) in [5.41, 5.74) is 1.84. The average Bonchev–Trinajstić information content (AvgIpc) is 2.69. The van der Waals surface area contributed by atoms with Gasteiger partial charge in [-0.15, -0.1) is 0 Å². The van der Waals surface area contributed by atoms with Gasteiger partial charge in [0, 0.05) is 19.8 Å². The molecule has 0 aliphatic carbocycles. The van der Waals surface area contributed by atoms with E-state index in [-0.39, 0.29) is 0 Å². The van der Waals surface area contributed by atoms with E-state index in [1.54, 1.807) is 0 Å². The predicted octanol–water partition coefficient (Wildman–Crippen LogP) is 7.61. The lowest BCUT2D eigenvalue weighted by molar-refractivity contribution is 0.0674. The maximum atomic E-state index is 6.19. The summed E-state index contributed by atoms with van der Waals surface area (Å²) < 4.78 is 18.6. The van der Waals surface area contributed by atoms with Crippen LogP contribution in [0.5, 0.6) is 0 Å². The standard InChI is InChI=1S/C23H48O3Si/c1-5-9-12-15-18-21-24-27(8-4,25-22-19-16-13-10-6-2)26-23-20-17-14-11-7-3/h8H,4-7,9-23H2,1-3H3. The number of hydrogen-bond donors (Lipinski definition) is 0. The van der Waals surface area contributed by atoms with E-state index in [9.17, 15) is 0 Å². The average molecular weight is 401 g/mol. The van der Waals surface area contributed by atoms with Crippen LogP contribution < -0.4 is 0 Å². The molecule has 0 heterocycles. The highest BCUT2D eigenvalue weighted by Crippen LogP contribution is 2.16. The molecule has 0 aliphatic rings. The van der Waals surface area contributed by atoms with Crippen molar-refractivity contribution < 1.29 is 13.3 Å². The first-order valence-corrected chi connectivity index (χ1v) is 13.6. The molecule has 0 saturated heterocycles. The lowest BCUT2D eigenvalue weighted by Crippen LogP contribution is -2.45. The van der Waals surface area contributed by atoms with Crippen LogP contribution >= 0.6 is 0 Å². The molecule has 0 fully saturated rings. The molecular formula is C23H48O3Si. The fourth-order valence-electron chi connectivity index (χ4n) is 3.06. The fourth-order valence-corrected chi connectivity index (χ4v) is 4.95. The minimum absolute atomic E-state index is 0.730. The lowest BCUT2D eigenvalue weighted by atomic mass is 10.2. The lowest BCUT2D eigenvalue weighted by Gasteiger charge is -2.27. The molecule has 3 nitrogen and oxygen atoms in total. The highest BCUT2D eigenvalue weighted by atomic mass is 28.4. The molecule has 0 N–H and O–H groups in total. The zero-order valence-corrected chi connectivity index (χ0v) is 19.7. The molecule has 162 valence electrons. The minimum atomic E-state index is -2.71. The van der Waals surface area contributed by atoms with Crippen molar-refractivity contribution in [1.29, 1.82) is 0 Å². The number of hydrogen-bond acceptors (Lipinski definition) is 3. The summed E-state index contributed by atoms with van der Waals surface area (Å²) in [5, 5.41) is 0. The molecule has 0 spiro atoms. The predicted molar refractivity (Wildman–Crippen MR) is 120 cm³/mol. The zero-order valence-electron chi connectivity index (χ0n) is 18.7. The van der Waals surface area contributed by atoms with E-state index in [0.717, 1.165) is 39.1 Å². The van der Waals surface area contributed by atoms with Gasteiger partial charge in [0.25, 0.3) is 0 Å². The number of unbranched alkanes of at least 4 members (excludes halogenated alkanes) is 12. The molecule has 0 aromatic rings. The summed E-state index contributed by atoms with van der Waals surface area (Å²) in [4.78, 5) is 0. The molecule has 0 amide bonds. The summed E-state index contributed by atoms with van der Waals surface area (Å²) in [7, 11) is -2.71. The minimum Gasteiger partial charge on any atom is -0.370 e. The second-order valence-corrected chi connectivity index (χ2v) is 10.1. The molecule has 0 atom stereocenters. The zero-order chi connectivity index (χ0) is 20.1. The van der Waals surface area contributed by atoms with Crippen LogP contribution in [0.4, 0.5) is 0 Å². The van der Waals surface area contributed by atoms with Crippen molar-refractivity contribution in [1.82, 2.24) is 0 Å². The van der Waals surface area contributed by atoms with E-state index < -0.39 is 8.80 Å². The molecule has 0 saturated carbocycles. The molecule has 0 aromatic heterocycles. The molecule has 0 rings (SSSR count). The largest absolute Gasteiger partial charge is 0.529 e. The SMILES string of the molecule is C=C[Si](OCCCCCCC)(OCCCCCCC)OCCCCCCC. The van der Waals surface area contributed by atoms with Crippen LogP contribution in [0, 0.1) is 0 Å². The first-order valence-electron chi connectivity index (χ1n) is 11.8. The van der Waals surface area contributed by atoms with Crippen molar-refractivity contribution in [2.24, 2.45) is 0 Å². The third-order valence-corrected chi connectivity index (χ3v) is 7.22. The van der Waals surface area contributed by atoms with Crippen LogP contribution in [0.2, 0.25) is 0 Å². The molecule has 0 unspecified atom stereocenters. The first kappa shape index (κ1) is 26.8. The van der Waals surface area contributed by atoms with Crippen molar-refractivity contribution in [2.75, 3.05) is 19.8 Å². The van der Waals surface area contributed by atoms with E-state index in [0.29, 0.717) is 0 Å². The van der Waals surface area contributed by atoms with E-state index >= 15 is 0 Å². The monoisotopic (exact) mass is 400 g/mol. The van der Waals surface area contributed by atoms with Gasteiger partial charge in [0.05, 0.1) is 0 Å². The Morgan fingerprint density at radius 3 is 1.07 bits per heavy atom. The molecule has 4 heteroatoms. The highest BCUT2D eigenvalue weighted by Gasteiger charge is 2.37. The number of rotatable bonds is 22. The molecule has 0 bridgehead atoms. The maximum Gasteiger partial charge on any atom is 0.529 e. The molecular weight excluding hydrogens is 352 g/mol. The van der Waals surface area contributed by atoms with Crippen molar-refractivity contribution in [3.63, 3.8) is 0 Å². The molecule has 0 aliphatic heterocycles. The maximum absolute atomic E-state index is 6.19. The van der Waals surface area contributed by atoms with Gasteiger partial charge in [0.2, 0.25) is 0 Å².